The molecule has 1 aliphatic rings. The molecule has 0 aromatic heterocycles. The summed E-state index contributed by atoms with van der Waals surface area (Å²) < 4.78 is 0. The fourth-order valence-electron chi connectivity index (χ4n) is 1.83. The summed E-state index contributed by atoms with van der Waals surface area (Å²) in [6.45, 7) is 0. The van der Waals surface area contributed by atoms with E-state index >= 15 is 0 Å². The minimum atomic E-state index is 1.09. The summed E-state index contributed by atoms with van der Waals surface area (Å²) in [5.41, 5.74) is 2.93. The average molecular weight is 189 g/mol. The van der Waals surface area contributed by atoms with Gasteiger partial charge in [0.05, 0.1) is 0 Å². The summed E-state index contributed by atoms with van der Waals surface area (Å²) in [5, 5.41) is 10.6. The fraction of sp³-hybridized carbons (Fsp3) is 0.364. The van der Waals surface area contributed by atoms with Crippen molar-refractivity contribution in [3.05, 3.63) is 29.3 Å². The number of nitriles is 1. The Bertz CT molecular complexity index is 352. The first kappa shape index (κ1) is 8.65. The Morgan fingerprint density at radius 1 is 1.15 bits per heavy atom. The number of rotatable bonds is 1. The van der Waals surface area contributed by atoms with Gasteiger partial charge >= 0.3 is 0 Å². The van der Waals surface area contributed by atoms with Gasteiger partial charge in [0.1, 0.15) is 5.40 Å². The highest BCUT2D eigenvalue weighted by Crippen LogP contribution is 2.26. The second kappa shape index (κ2) is 3.85. The number of thioether (sulfide) groups is 1. The monoisotopic (exact) mass is 189 g/mol. The van der Waals surface area contributed by atoms with Crippen LogP contribution >= 0.6 is 11.8 Å². The molecule has 2 heteroatoms. The lowest BCUT2D eigenvalue weighted by Crippen LogP contribution is -2.01. The van der Waals surface area contributed by atoms with Crippen molar-refractivity contribution in [1.82, 2.24) is 0 Å². The minimum Gasteiger partial charge on any atom is -0.185 e. The lowest BCUT2D eigenvalue weighted by molar-refractivity contribution is 0.684. The summed E-state index contributed by atoms with van der Waals surface area (Å²) in [6, 6.07) is 6.40. The SMILES string of the molecule is N#CSc1ccc2c(c1)CCCC2. The van der Waals surface area contributed by atoms with Gasteiger partial charge in [0, 0.05) is 4.90 Å². The van der Waals surface area contributed by atoms with Gasteiger partial charge in [0.15, 0.2) is 0 Å². The second-order valence-electron chi connectivity index (χ2n) is 3.33. The first-order valence-corrected chi connectivity index (χ1v) is 5.39. The van der Waals surface area contributed by atoms with Crippen molar-refractivity contribution in [2.24, 2.45) is 0 Å². The van der Waals surface area contributed by atoms with E-state index in [2.05, 4.69) is 23.6 Å². The van der Waals surface area contributed by atoms with Crippen molar-refractivity contribution in [2.45, 2.75) is 30.6 Å². The van der Waals surface area contributed by atoms with E-state index in [9.17, 15) is 0 Å². The van der Waals surface area contributed by atoms with E-state index in [0.29, 0.717) is 0 Å². The normalized spacial score (nSPS) is 14.7. The molecule has 0 heterocycles. The Morgan fingerprint density at radius 2 is 1.92 bits per heavy atom. The van der Waals surface area contributed by atoms with Gasteiger partial charge < -0.3 is 0 Å². The molecular weight excluding hydrogens is 178 g/mol. The standard InChI is InChI=1S/C11H11NS/c12-8-13-11-6-5-9-3-1-2-4-10(9)7-11/h5-7H,1-4H2. The van der Waals surface area contributed by atoms with Crippen molar-refractivity contribution >= 4 is 11.8 Å². The molecule has 1 nitrogen and oxygen atoms in total. The van der Waals surface area contributed by atoms with Crippen molar-refractivity contribution in [3.8, 4) is 5.40 Å². The molecule has 13 heavy (non-hydrogen) atoms. The molecule has 0 radical (unpaired) electrons. The number of aryl methyl sites for hydroxylation is 2. The Hall–Kier alpha value is -0.940. The third kappa shape index (κ3) is 1.87. The van der Waals surface area contributed by atoms with E-state index in [1.54, 1.807) is 0 Å². The van der Waals surface area contributed by atoms with Gasteiger partial charge in [0.25, 0.3) is 0 Å². The number of hydrogen-bond donors (Lipinski definition) is 0. The number of benzene rings is 1. The zero-order chi connectivity index (χ0) is 9.10. The van der Waals surface area contributed by atoms with Crippen LogP contribution in [0.2, 0.25) is 0 Å². The van der Waals surface area contributed by atoms with Gasteiger partial charge in [-0.1, -0.05) is 6.07 Å². The summed E-state index contributed by atoms with van der Waals surface area (Å²) in [7, 11) is 0. The third-order valence-electron chi connectivity index (χ3n) is 2.48. The first-order valence-electron chi connectivity index (χ1n) is 4.58. The van der Waals surface area contributed by atoms with Gasteiger partial charge in [-0.3, -0.25) is 0 Å². The number of fused-ring (bicyclic) bond motifs is 1. The summed E-state index contributed by atoms with van der Waals surface area (Å²) in [4.78, 5) is 1.09. The van der Waals surface area contributed by atoms with Crippen LogP contribution in [-0.2, 0) is 12.8 Å². The maximum atomic E-state index is 8.54. The van der Waals surface area contributed by atoms with Gasteiger partial charge in [-0.25, -0.2) is 0 Å². The molecule has 0 spiro atoms. The van der Waals surface area contributed by atoms with Crippen LogP contribution in [-0.4, -0.2) is 0 Å². The summed E-state index contributed by atoms with van der Waals surface area (Å²) in [6.07, 6.45) is 5.02. The van der Waals surface area contributed by atoms with E-state index < -0.39 is 0 Å². The van der Waals surface area contributed by atoms with Crippen LogP contribution < -0.4 is 0 Å². The Morgan fingerprint density at radius 3 is 2.69 bits per heavy atom. The molecule has 0 saturated carbocycles. The van der Waals surface area contributed by atoms with Crippen LogP contribution in [0.1, 0.15) is 24.0 Å². The quantitative estimate of drug-likeness (QED) is 0.500. The molecule has 66 valence electrons. The Labute approximate surface area is 82.8 Å². The van der Waals surface area contributed by atoms with Crippen LogP contribution in [0.3, 0.4) is 0 Å². The third-order valence-corrected chi connectivity index (χ3v) is 3.06. The minimum absolute atomic E-state index is 1.09. The Kier molecular flexibility index (Phi) is 2.56. The van der Waals surface area contributed by atoms with Crippen molar-refractivity contribution in [2.75, 3.05) is 0 Å². The van der Waals surface area contributed by atoms with Crippen molar-refractivity contribution in [1.29, 1.82) is 5.26 Å². The number of nitrogens with zero attached hydrogens (tertiary/aromatic N) is 1. The van der Waals surface area contributed by atoms with E-state index in [-0.39, 0.29) is 0 Å². The number of hydrogen-bond acceptors (Lipinski definition) is 2. The summed E-state index contributed by atoms with van der Waals surface area (Å²) >= 11 is 1.25. The van der Waals surface area contributed by atoms with E-state index in [4.69, 9.17) is 5.26 Å². The smallest absolute Gasteiger partial charge is 0.138 e. The predicted molar refractivity (Wildman–Crippen MR) is 54.6 cm³/mol. The lowest BCUT2D eigenvalue weighted by Gasteiger charge is -2.15. The van der Waals surface area contributed by atoms with E-state index in [1.165, 1.54) is 48.6 Å². The largest absolute Gasteiger partial charge is 0.185 e. The first-order chi connectivity index (χ1) is 6.40. The molecule has 0 aliphatic heterocycles. The number of thiocyanates is 1. The van der Waals surface area contributed by atoms with E-state index in [1.807, 2.05) is 0 Å². The van der Waals surface area contributed by atoms with Crippen LogP contribution in [0.5, 0.6) is 0 Å². The molecule has 1 aromatic carbocycles. The lowest BCUT2D eigenvalue weighted by atomic mass is 9.92. The van der Waals surface area contributed by atoms with E-state index in [0.717, 1.165) is 4.90 Å². The van der Waals surface area contributed by atoms with Gasteiger partial charge in [-0.2, -0.15) is 5.26 Å². The van der Waals surface area contributed by atoms with Gasteiger partial charge in [-0.15, -0.1) is 0 Å². The van der Waals surface area contributed by atoms with Crippen LogP contribution in [0.25, 0.3) is 0 Å². The molecule has 1 aromatic rings. The molecular formula is C11H11NS. The van der Waals surface area contributed by atoms with Crippen LogP contribution in [0, 0.1) is 10.7 Å². The van der Waals surface area contributed by atoms with Crippen LogP contribution in [0.15, 0.2) is 23.1 Å². The molecule has 0 unspecified atom stereocenters. The molecule has 0 amide bonds. The highest BCUT2D eigenvalue weighted by atomic mass is 32.2. The highest BCUT2D eigenvalue weighted by Gasteiger charge is 2.09. The summed E-state index contributed by atoms with van der Waals surface area (Å²) in [5.74, 6) is 0. The molecule has 0 atom stereocenters. The maximum Gasteiger partial charge on any atom is 0.138 e. The topological polar surface area (TPSA) is 23.8 Å². The second-order valence-corrected chi connectivity index (χ2v) is 4.19. The molecule has 0 N–H and O–H groups in total. The zero-order valence-corrected chi connectivity index (χ0v) is 8.23. The van der Waals surface area contributed by atoms with Crippen molar-refractivity contribution in [3.63, 3.8) is 0 Å². The highest BCUT2D eigenvalue weighted by molar-refractivity contribution is 8.03. The van der Waals surface area contributed by atoms with Gasteiger partial charge in [-0.05, 0) is 60.7 Å². The zero-order valence-electron chi connectivity index (χ0n) is 7.42. The molecule has 2 rings (SSSR count). The Balaban J connectivity index is 2.31. The molecule has 1 aliphatic carbocycles. The predicted octanol–water partition coefficient (Wildman–Crippen LogP) is 3.14. The van der Waals surface area contributed by atoms with Crippen LogP contribution in [0.4, 0.5) is 0 Å². The fourth-order valence-corrected chi connectivity index (χ4v) is 2.27. The van der Waals surface area contributed by atoms with Crippen molar-refractivity contribution < 1.29 is 0 Å². The maximum absolute atomic E-state index is 8.54. The molecule has 0 bridgehead atoms. The molecule has 0 saturated heterocycles. The molecule has 0 fully saturated rings. The average Bonchev–Trinajstić information content (AvgIpc) is 2.18. The van der Waals surface area contributed by atoms with Gasteiger partial charge in [0.2, 0.25) is 0 Å².